The maximum Gasteiger partial charge on any atom is 0.228 e. The zero-order chi connectivity index (χ0) is 15.5. The summed E-state index contributed by atoms with van der Waals surface area (Å²) >= 11 is 0. The van der Waals surface area contributed by atoms with E-state index in [4.69, 9.17) is 0 Å². The number of nitrogens with one attached hydrogen (secondary N) is 1. The SMILES string of the molecule is O=C(Nc1cccc(F)c1)C1CC1C(=O)N1CCCCCC1. The van der Waals surface area contributed by atoms with Crippen LogP contribution in [0.4, 0.5) is 10.1 Å². The Labute approximate surface area is 129 Å². The van der Waals surface area contributed by atoms with Gasteiger partial charge in [0.1, 0.15) is 5.82 Å². The Morgan fingerprint density at radius 1 is 1.09 bits per heavy atom. The summed E-state index contributed by atoms with van der Waals surface area (Å²) in [6.45, 7) is 1.63. The monoisotopic (exact) mass is 304 g/mol. The van der Waals surface area contributed by atoms with Crippen LogP contribution in [0.1, 0.15) is 32.1 Å². The third-order valence-electron chi connectivity index (χ3n) is 4.45. The fraction of sp³-hybridized carbons (Fsp3) is 0.529. The van der Waals surface area contributed by atoms with Gasteiger partial charge in [0.25, 0.3) is 0 Å². The number of likely N-dealkylation sites (tertiary alicyclic amines) is 1. The summed E-state index contributed by atoms with van der Waals surface area (Å²) in [6, 6.07) is 5.82. The number of carbonyl (C=O) groups excluding carboxylic acids is 2. The first-order valence-corrected chi connectivity index (χ1v) is 8.00. The molecule has 22 heavy (non-hydrogen) atoms. The van der Waals surface area contributed by atoms with Crippen LogP contribution in [-0.2, 0) is 9.59 Å². The van der Waals surface area contributed by atoms with E-state index in [9.17, 15) is 14.0 Å². The molecule has 2 aliphatic rings. The molecule has 2 unspecified atom stereocenters. The lowest BCUT2D eigenvalue weighted by molar-refractivity contribution is -0.134. The molecule has 3 rings (SSSR count). The number of hydrogen-bond donors (Lipinski definition) is 1. The average Bonchev–Trinajstić information content (AvgIpc) is 3.31. The summed E-state index contributed by atoms with van der Waals surface area (Å²) in [7, 11) is 0. The van der Waals surface area contributed by atoms with Gasteiger partial charge in [0.15, 0.2) is 0 Å². The molecule has 0 spiro atoms. The number of hydrogen-bond acceptors (Lipinski definition) is 2. The Kier molecular flexibility index (Phi) is 4.41. The first-order valence-electron chi connectivity index (χ1n) is 8.00. The van der Waals surface area contributed by atoms with Gasteiger partial charge in [-0.05, 0) is 37.5 Å². The van der Waals surface area contributed by atoms with Crippen LogP contribution in [0.25, 0.3) is 0 Å². The number of halogens is 1. The van der Waals surface area contributed by atoms with E-state index in [1.165, 1.54) is 25.0 Å². The Morgan fingerprint density at radius 3 is 2.50 bits per heavy atom. The summed E-state index contributed by atoms with van der Waals surface area (Å²) in [5, 5.41) is 2.70. The molecule has 1 aromatic carbocycles. The first kappa shape index (κ1) is 15.0. The van der Waals surface area contributed by atoms with Gasteiger partial charge in [-0.1, -0.05) is 18.9 Å². The van der Waals surface area contributed by atoms with Gasteiger partial charge in [0, 0.05) is 18.8 Å². The van der Waals surface area contributed by atoms with Crippen molar-refractivity contribution < 1.29 is 14.0 Å². The minimum atomic E-state index is -0.384. The second kappa shape index (κ2) is 6.46. The molecule has 1 N–H and O–H groups in total. The van der Waals surface area contributed by atoms with E-state index in [1.807, 2.05) is 4.90 Å². The molecule has 0 bridgehead atoms. The molecule has 2 atom stereocenters. The van der Waals surface area contributed by atoms with Gasteiger partial charge < -0.3 is 10.2 Å². The number of carbonyl (C=O) groups is 2. The highest BCUT2D eigenvalue weighted by molar-refractivity contribution is 5.99. The van der Waals surface area contributed by atoms with Crippen LogP contribution in [0.3, 0.4) is 0 Å². The van der Waals surface area contributed by atoms with Crippen LogP contribution in [0.5, 0.6) is 0 Å². The van der Waals surface area contributed by atoms with Crippen molar-refractivity contribution in [3.8, 4) is 0 Å². The number of rotatable bonds is 3. The smallest absolute Gasteiger partial charge is 0.228 e. The van der Waals surface area contributed by atoms with Gasteiger partial charge >= 0.3 is 0 Å². The zero-order valence-electron chi connectivity index (χ0n) is 12.6. The maximum absolute atomic E-state index is 13.1. The molecule has 0 aromatic heterocycles. The normalized spacial score (nSPS) is 24.5. The summed E-state index contributed by atoms with van der Waals surface area (Å²) in [5.74, 6) is -0.906. The van der Waals surface area contributed by atoms with Crippen LogP contribution in [-0.4, -0.2) is 29.8 Å². The summed E-state index contributed by atoms with van der Waals surface area (Å²) < 4.78 is 13.1. The van der Waals surface area contributed by atoms with Gasteiger partial charge in [-0.25, -0.2) is 4.39 Å². The fourth-order valence-corrected chi connectivity index (χ4v) is 3.08. The Bertz CT molecular complexity index is 568. The maximum atomic E-state index is 13.1. The van der Waals surface area contributed by atoms with Crippen molar-refractivity contribution >= 4 is 17.5 Å². The Morgan fingerprint density at radius 2 is 1.82 bits per heavy atom. The predicted molar refractivity (Wildman–Crippen MR) is 81.7 cm³/mol. The van der Waals surface area contributed by atoms with E-state index < -0.39 is 0 Å². The third-order valence-corrected chi connectivity index (χ3v) is 4.45. The molecule has 1 saturated carbocycles. The quantitative estimate of drug-likeness (QED) is 0.933. The van der Waals surface area contributed by atoms with Crippen LogP contribution in [0.15, 0.2) is 24.3 Å². The van der Waals surface area contributed by atoms with E-state index in [1.54, 1.807) is 12.1 Å². The van der Waals surface area contributed by atoms with Gasteiger partial charge in [0.2, 0.25) is 11.8 Å². The van der Waals surface area contributed by atoms with Crippen molar-refractivity contribution in [1.82, 2.24) is 4.90 Å². The van der Waals surface area contributed by atoms with Crippen LogP contribution < -0.4 is 5.32 Å². The van der Waals surface area contributed by atoms with E-state index in [2.05, 4.69) is 5.32 Å². The highest BCUT2D eigenvalue weighted by atomic mass is 19.1. The summed E-state index contributed by atoms with van der Waals surface area (Å²) in [5.41, 5.74) is 0.442. The van der Waals surface area contributed by atoms with E-state index >= 15 is 0 Å². The summed E-state index contributed by atoms with van der Waals surface area (Å²) in [4.78, 5) is 26.5. The second-order valence-electron chi connectivity index (χ2n) is 6.19. The molecule has 1 aromatic rings. The molecule has 0 radical (unpaired) electrons. The Hall–Kier alpha value is -1.91. The molecule has 2 amide bonds. The van der Waals surface area contributed by atoms with E-state index in [-0.39, 0.29) is 29.5 Å². The van der Waals surface area contributed by atoms with E-state index in [0.717, 1.165) is 25.9 Å². The molecule has 4 nitrogen and oxygen atoms in total. The fourth-order valence-electron chi connectivity index (χ4n) is 3.08. The minimum Gasteiger partial charge on any atom is -0.342 e. The number of nitrogens with zero attached hydrogens (tertiary/aromatic N) is 1. The third kappa shape index (κ3) is 3.46. The molecule has 1 saturated heterocycles. The van der Waals surface area contributed by atoms with Crippen LogP contribution in [0, 0.1) is 17.7 Å². The Balaban J connectivity index is 1.54. The zero-order valence-corrected chi connectivity index (χ0v) is 12.6. The van der Waals surface area contributed by atoms with Crippen molar-refractivity contribution in [3.63, 3.8) is 0 Å². The van der Waals surface area contributed by atoms with Gasteiger partial charge in [-0.2, -0.15) is 0 Å². The number of anilines is 1. The average molecular weight is 304 g/mol. The number of benzene rings is 1. The predicted octanol–water partition coefficient (Wildman–Crippen LogP) is 2.80. The van der Waals surface area contributed by atoms with Crippen LogP contribution in [0.2, 0.25) is 0 Å². The summed E-state index contributed by atoms with van der Waals surface area (Å²) in [6.07, 6.45) is 5.07. The lowest BCUT2D eigenvalue weighted by atomic mass is 10.2. The van der Waals surface area contributed by atoms with Crippen molar-refractivity contribution in [2.75, 3.05) is 18.4 Å². The lowest BCUT2D eigenvalue weighted by Gasteiger charge is -2.20. The highest BCUT2D eigenvalue weighted by Crippen LogP contribution is 2.41. The van der Waals surface area contributed by atoms with Gasteiger partial charge in [-0.3, -0.25) is 9.59 Å². The highest BCUT2D eigenvalue weighted by Gasteiger charge is 2.49. The largest absolute Gasteiger partial charge is 0.342 e. The minimum absolute atomic E-state index is 0.112. The molecule has 1 heterocycles. The molecule has 1 aliphatic carbocycles. The first-order chi connectivity index (χ1) is 10.6. The van der Waals surface area contributed by atoms with E-state index in [0.29, 0.717) is 12.1 Å². The van der Waals surface area contributed by atoms with Crippen molar-refractivity contribution in [2.45, 2.75) is 32.1 Å². The van der Waals surface area contributed by atoms with Crippen molar-refractivity contribution in [2.24, 2.45) is 11.8 Å². The molecule has 2 fully saturated rings. The molecular weight excluding hydrogens is 283 g/mol. The standard InChI is InChI=1S/C17H21FN2O2/c18-12-6-5-7-13(10-12)19-16(21)14-11-15(14)17(22)20-8-3-1-2-4-9-20/h5-7,10,14-15H,1-4,8-9,11H2,(H,19,21). The molecule has 118 valence electrons. The molecule has 1 aliphatic heterocycles. The second-order valence-corrected chi connectivity index (χ2v) is 6.19. The topological polar surface area (TPSA) is 49.4 Å². The van der Waals surface area contributed by atoms with Crippen LogP contribution >= 0.6 is 0 Å². The van der Waals surface area contributed by atoms with Crippen molar-refractivity contribution in [3.05, 3.63) is 30.1 Å². The molecule has 5 heteroatoms. The van der Waals surface area contributed by atoms with Gasteiger partial charge in [0.05, 0.1) is 11.8 Å². The van der Waals surface area contributed by atoms with Crippen molar-refractivity contribution in [1.29, 1.82) is 0 Å². The molecular formula is C17H21FN2O2. The number of amides is 2. The lowest BCUT2D eigenvalue weighted by Crippen LogP contribution is -2.34. The van der Waals surface area contributed by atoms with Gasteiger partial charge in [-0.15, -0.1) is 0 Å².